The molecule has 1 aliphatic rings. The Bertz CT molecular complexity index is 968. The molecule has 7 heteroatoms. The molecule has 0 N–H and O–H groups in total. The number of carbonyl (C=O) groups is 1. The Morgan fingerprint density at radius 1 is 1.06 bits per heavy atom. The molecule has 0 bridgehead atoms. The normalized spacial score (nSPS) is 14.7. The molecule has 1 aliphatic heterocycles. The van der Waals surface area contributed by atoms with Crippen molar-refractivity contribution in [3.8, 4) is 11.4 Å². The fourth-order valence-electron chi connectivity index (χ4n) is 4.09. The number of nitrogens with zero attached hydrogens (tertiary/aromatic N) is 5. The molecule has 0 radical (unpaired) electrons. The molecule has 1 amide bonds. The topological polar surface area (TPSA) is 63.9 Å². The quantitative estimate of drug-likeness (QED) is 0.493. The molecule has 0 spiro atoms. The van der Waals surface area contributed by atoms with Crippen molar-refractivity contribution in [1.29, 1.82) is 0 Å². The lowest BCUT2D eigenvalue weighted by atomic mass is 9.90. The van der Waals surface area contributed by atoms with Gasteiger partial charge >= 0.3 is 0 Å². The van der Waals surface area contributed by atoms with Crippen LogP contribution in [0, 0.1) is 5.92 Å². The monoisotopic (exact) mass is 435 g/mol. The van der Waals surface area contributed by atoms with E-state index >= 15 is 0 Å². The van der Waals surface area contributed by atoms with E-state index in [1.165, 1.54) is 17.3 Å². The van der Waals surface area contributed by atoms with Crippen molar-refractivity contribution in [1.82, 2.24) is 24.6 Å². The lowest BCUT2D eigenvalue weighted by molar-refractivity contribution is -0.129. The number of carbonyl (C=O) groups excluding carboxylic acids is 1. The maximum atomic E-state index is 12.8. The highest BCUT2D eigenvalue weighted by atomic mass is 32.2. The Morgan fingerprint density at radius 3 is 2.52 bits per heavy atom. The van der Waals surface area contributed by atoms with Crippen LogP contribution >= 0.6 is 11.8 Å². The van der Waals surface area contributed by atoms with E-state index in [1.807, 2.05) is 17.0 Å². The first-order valence-corrected chi connectivity index (χ1v) is 12.0. The Balaban J connectivity index is 1.31. The zero-order valence-corrected chi connectivity index (χ0v) is 18.8. The van der Waals surface area contributed by atoms with Gasteiger partial charge in [-0.2, -0.15) is 0 Å². The van der Waals surface area contributed by atoms with E-state index in [2.05, 4.69) is 57.0 Å². The van der Waals surface area contributed by atoms with Crippen molar-refractivity contribution in [2.45, 2.75) is 44.3 Å². The molecule has 0 saturated carbocycles. The fraction of sp³-hybridized carbons (Fsp3) is 0.417. The van der Waals surface area contributed by atoms with Crippen molar-refractivity contribution in [3.63, 3.8) is 0 Å². The Kier molecular flexibility index (Phi) is 7.35. The Labute approximate surface area is 188 Å². The molecule has 6 nitrogen and oxygen atoms in total. The standard InChI is InChI=1S/C24H29N5OS/c1-2-14-29-23(21-8-12-25-13-9-21)26-27-24(29)31-18-22(30)28-15-10-20(11-16-28)17-19-6-4-3-5-7-19/h3-9,12-13,20H,2,10-11,14-18H2,1H3. The molecular weight excluding hydrogens is 406 g/mol. The maximum Gasteiger partial charge on any atom is 0.233 e. The summed E-state index contributed by atoms with van der Waals surface area (Å²) in [6.45, 7) is 4.66. The van der Waals surface area contributed by atoms with Crippen molar-refractivity contribution in [3.05, 3.63) is 60.4 Å². The van der Waals surface area contributed by atoms with Gasteiger partial charge in [0, 0.05) is 37.6 Å². The van der Waals surface area contributed by atoms with Crippen LogP contribution in [0.3, 0.4) is 0 Å². The smallest absolute Gasteiger partial charge is 0.233 e. The van der Waals surface area contributed by atoms with Gasteiger partial charge in [-0.3, -0.25) is 9.78 Å². The average molecular weight is 436 g/mol. The molecule has 31 heavy (non-hydrogen) atoms. The third-order valence-electron chi connectivity index (χ3n) is 5.76. The number of benzene rings is 1. The van der Waals surface area contributed by atoms with Crippen molar-refractivity contribution in [2.75, 3.05) is 18.8 Å². The highest BCUT2D eigenvalue weighted by Crippen LogP contribution is 2.26. The largest absolute Gasteiger partial charge is 0.342 e. The molecule has 1 aromatic carbocycles. The third-order valence-corrected chi connectivity index (χ3v) is 6.71. The molecule has 1 saturated heterocycles. The van der Waals surface area contributed by atoms with E-state index in [0.29, 0.717) is 11.7 Å². The SMILES string of the molecule is CCCn1c(SCC(=O)N2CCC(Cc3ccccc3)CC2)nnc1-c1ccncc1. The molecule has 3 aromatic rings. The van der Waals surface area contributed by atoms with Gasteiger partial charge in [0.2, 0.25) is 5.91 Å². The lowest BCUT2D eigenvalue weighted by Crippen LogP contribution is -2.39. The van der Waals surface area contributed by atoms with Gasteiger partial charge in [-0.05, 0) is 49.3 Å². The highest BCUT2D eigenvalue weighted by Gasteiger charge is 2.24. The number of rotatable bonds is 8. The van der Waals surface area contributed by atoms with Gasteiger partial charge < -0.3 is 9.47 Å². The number of pyridine rings is 1. The second-order valence-electron chi connectivity index (χ2n) is 8.00. The summed E-state index contributed by atoms with van der Waals surface area (Å²) in [5.74, 6) is 2.09. The third kappa shape index (κ3) is 5.53. The summed E-state index contributed by atoms with van der Waals surface area (Å²) in [6.07, 6.45) is 7.76. The van der Waals surface area contributed by atoms with Crippen LogP contribution in [0.1, 0.15) is 31.7 Å². The number of likely N-dealkylation sites (tertiary alicyclic amines) is 1. The second-order valence-corrected chi connectivity index (χ2v) is 8.94. The number of hydrogen-bond acceptors (Lipinski definition) is 5. The van der Waals surface area contributed by atoms with E-state index in [1.54, 1.807) is 12.4 Å². The molecule has 4 rings (SSSR count). The summed E-state index contributed by atoms with van der Waals surface area (Å²) in [5, 5.41) is 9.56. The number of piperidine rings is 1. The number of hydrogen-bond donors (Lipinski definition) is 0. The molecular formula is C24H29N5OS. The predicted octanol–water partition coefficient (Wildman–Crippen LogP) is 4.32. The van der Waals surface area contributed by atoms with Crippen LogP contribution < -0.4 is 0 Å². The van der Waals surface area contributed by atoms with Crippen LogP contribution in [0.4, 0.5) is 0 Å². The van der Waals surface area contributed by atoms with Gasteiger partial charge in [-0.25, -0.2) is 0 Å². The first-order chi connectivity index (χ1) is 15.2. The highest BCUT2D eigenvalue weighted by molar-refractivity contribution is 7.99. The van der Waals surface area contributed by atoms with E-state index in [0.717, 1.165) is 61.9 Å². The van der Waals surface area contributed by atoms with Crippen LogP contribution in [0.5, 0.6) is 0 Å². The summed E-state index contributed by atoms with van der Waals surface area (Å²) in [5.41, 5.74) is 2.39. The number of amides is 1. The Hall–Kier alpha value is -2.67. The molecule has 0 aliphatic carbocycles. The molecule has 0 atom stereocenters. The van der Waals surface area contributed by atoms with Crippen molar-refractivity contribution >= 4 is 17.7 Å². The van der Waals surface area contributed by atoms with Crippen molar-refractivity contribution < 1.29 is 4.79 Å². The Morgan fingerprint density at radius 2 is 1.81 bits per heavy atom. The van der Waals surface area contributed by atoms with Crippen LogP contribution in [0.15, 0.2) is 60.0 Å². The molecule has 1 fully saturated rings. The fourth-order valence-corrected chi connectivity index (χ4v) is 4.95. The van der Waals surface area contributed by atoms with E-state index in [-0.39, 0.29) is 5.91 Å². The second kappa shape index (κ2) is 10.6. The molecule has 2 aromatic heterocycles. The molecule has 0 unspecified atom stereocenters. The van der Waals surface area contributed by atoms with Crippen LogP contribution in [0.2, 0.25) is 0 Å². The minimum absolute atomic E-state index is 0.194. The summed E-state index contributed by atoms with van der Waals surface area (Å²) in [7, 11) is 0. The lowest BCUT2D eigenvalue weighted by Gasteiger charge is -2.32. The van der Waals surface area contributed by atoms with Gasteiger partial charge in [-0.1, -0.05) is 49.0 Å². The van der Waals surface area contributed by atoms with Gasteiger partial charge in [0.25, 0.3) is 0 Å². The first-order valence-electron chi connectivity index (χ1n) is 11.0. The van der Waals surface area contributed by atoms with E-state index in [4.69, 9.17) is 0 Å². The van der Waals surface area contributed by atoms with Crippen LogP contribution in [-0.2, 0) is 17.8 Å². The van der Waals surface area contributed by atoms with Crippen molar-refractivity contribution in [2.24, 2.45) is 5.92 Å². The summed E-state index contributed by atoms with van der Waals surface area (Å²) < 4.78 is 2.11. The van der Waals surface area contributed by atoms with Crippen LogP contribution in [0.25, 0.3) is 11.4 Å². The molecule has 162 valence electrons. The minimum atomic E-state index is 0.194. The van der Waals surface area contributed by atoms with Gasteiger partial charge in [0.15, 0.2) is 11.0 Å². The first kappa shape index (κ1) is 21.6. The van der Waals surface area contributed by atoms with Crippen LogP contribution in [-0.4, -0.2) is 49.4 Å². The minimum Gasteiger partial charge on any atom is -0.342 e. The number of aromatic nitrogens is 4. The zero-order valence-electron chi connectivity index (χ0n) is 18.0. The average Bonchev–Trinajstić information content (AvgIpc) is 3.22. The van der Waals surface area contributed by atoms with E-state index in [9.17, 15) is 4.79 Å². The number of thioether (sulfide) groups is 1. The summed E-state index contributed by atoms with van der Waals surface area (Å²) >= 11 is 1.49. The molecule has 3 heterocycles. The summed E-state index contributed by atoms with van der Waals surface area (Å²) in [6, 6.07) is 14.5. The van der Waals surface area contributed by atoms with E-state index < -0.39 is 0 Å². The summed E-state index contributed by atoms with van der Waals surface area (Å²) in [4.78, 5) is 18.9. The maximum absolute atomic E-state index is 12.8. The van der Waals surface area contributed by atoms with Gasteiger partial charge in [0.05, 0.1) is 5.75 Å². The van der Waals surface area contributed by atoms with Gasteiger partial charge in [-0.15, -0.1) is 10.2 Å². The predicted molar refractivity (Wildman–Crippen MR) is 124 cm³/mol. The zero-order chi connectivity index (χ0) is 21.5. The van der Waals surface area contributed by atoms with Gasteiger partial charge in [0.1, 0.15) is 0 Å².